The smallest absolute Gasteiger partial charge is 0.336 e. The molecule has 18 heavy (non-hydrogen) atoms. The van der Waals surface area contributed by atoms with Crippen LogP contribution in [-0.2, 0) is 0 Å². The van der Waals surface area contributed by atoms with E-state index in [1.807, 2.05) is 32.0 Å². The van der Waals surface area contributed by atoms with Gasteiger partial charge >= 0.3 is 5.63 Å². The van der Waals surface area contributed by atoms with Gasteiger partial charge in [0.25, 0.3) is 0 Å². The highest BCUT2D eigenvalue weighted by atomic mass is 32.1. The number of benzene rings is 1. The summed E-state index contributed by atoms with van der Waals surface area (Å²) >= 11 is 1.62. The Labute approximate surface area is 108 Å². The molecule has 92 valence electrons. The first-order valence-electron chi connectivity index (χ1n) is 5.79. The molecule has 0 spiro atoms. The molecular weight excluding hydrogens is 248 g/mol. The van der Waals surface area contributed by atoms with Gasteiger partial charge in [-0.3, -0.25) is 0 Å². The van der Waals surface area contributed by atoms with Gasteiger partial charge < -0.3 is 9.15 Å². The van der Waals surface area contributed by atoms with Gasteiger partial charge in [0.15, 0.2) is 5.58 Å². The van der Waals surface area contributed by atoms with Gasteiger partial charge in [-0.05, 0) is 37.6 Å². The number of hydrogen-bond donors (Lipinski definition) is 0. The van der Waals surface area contributed by atoms with Crippen molar-refractivity contribution in [2.75, 3.05) is 6.61 Å². The molecule has 0 bridgehead atoms. The number of fused-ring (bicyclic) bond motifs is 3. The minimum atomic E-state index is -0.298. The Morgan fingerprint density at radius 1 is 1.33 bits per heavy atom. The van der Waals surface area contributed by atoms with E-state index in [4.69, 9.17) is 9.15 Å². The van der Waals surface area contributed by atoms with Gasteiger partial charge in [-0.1, -0.05) is 0 Å². The van der Waals surface area contributed by atoms with Crippen molar-refractivity contribution in [3.63, 3.8) is 0 Å². The highest BCUT2D eigenvalue weighted by molar-refractivity contribution is 7.25. The van der Waals surface area contributed by atoms with Crippen LogP contribution in [0.25, 0.3) is 20.4 Å². The molecule has 1 aromatic carbocycles. The van der Waals surface area contributed by atoms with Crippen molar-refractivity contribution < 1.29 is 9.15 Å². The standard InChI is InChI=1S/C14H12O3S/c1-3-16-9-4-5-10-11(7-9)18-14-8(2)6-12(15)17-13(10)14/h4-7H,3H2,1-2H3. The minimum Gasteiger partial charge on any atom is -0.494 e. The molecule has 0 aliphatic rings. The van der Waals surface area contributed by atoms with Crippen molar-refractivity contribution in [2.24, 2.45) is 0 Å². The second-order valence-electron chi connectivity index (χ2n) is 4.10. The molecular formula is C14H12O3S. The van der Waals surface area contributed by atoms with E-state index in [0.717, 1.165) is 26.1 Å². The van der Waals surface area contributed by atoms with Crippen LogP contribution in [0.2, 0.25) is 0 Å². The fraction of sp³-hybridized carbons (Fsp3) is 0.214. The van der Waals surface area contributed by atoms with Gasteiger partial charge in [0, 0.05) is 16.2 Å². The number of thiophene rings is 1. The maximum Gasteiger partial charge on any atom is 0.336 e. The summed E-state index contributed by atoms with van der Waals surface area (Å²) in [4.78, 5) is 11.4. The van der Waals surface area contributed by atoms with Crippen molar-refractivity contribution >= 4 is 31.7 Å². The summed E-state index contributed by atoms with van der Waals surface area (Å²) in [5.74, 6) is 0.844. The van der Waals surface area contributed by atoms with Crippen LogP contribution in [0.1, 0.15) is 12.5 Å². The molecule has 0 N–H and O–H groups in total. The second-order valence-corrected chi connectivity index (χ2v) is 5.15. The van der Waals surface area contributed by atoms with Crippen LogP contribution in [0.5, 0.6) is 5.75 Å². The first-order chi connectivity index (χ1) is 8.69. The molecule has 4 heteroatoms. The average Bonchev–Trinajstić information content (AvgIpc) is 2.68. The number of rotatable bonds is 2. The molecule has 0 amide bonds. The van der Waals surface area contributed by atoms with E-state index in [1.165, 1.54) is 6.07 Å². The normalized spacial score (nSPS) is 11.2. The molecule has 2 heterocycles. The maximum atomic E-state index is 11.4. The molecule has 0 aliphatic carbocycles. The second kappa shape index (κ2) is 4.14. The third kappa shape index (κ3) is 1.69. The first kappa shape index (κ1) is 11.3. The Hall–Kier alpha value is -1.81. The quantitative estimate of drug-likeness (QED) is 0.705. The Kier molecular flexibility index (Phi) is 2.59. The highest BCUT2D eigenvalue weighted by Crippen LogP contribution is 2.36. The van der Waals surface area contributed by atoms with Gasteiger partial charge in [0.05, 0.1) is 11.3 Å². The van der Waals surface area contributed by atoms with E-state index in [0.29, 0.717) is 12.2 Å². The van der Waals surface area contributed by atoms with Crippen LogP contribution >= 0.6 is 11.3 Å². The van der Waals surface area contributed by atoms with Crippen LogP contribution in [0.15, 0.2) is 33.5 Å². The summed E-state index contributed by atoms with van der Waals surface area (Å²) in [6.45, 7) is 4.53. The SMILES string of the molecule is CCOc1ccc2c(c1)sc1c(C)cc(=O)oc12. The molecule has 0 aliphatic heterocycles. The molecule has 3 aromatic rings. The summed E-state index contributed by atoms with van der Waals surface area (Å²) in [5, 5.41) is 0.972. The monoisotopic (exact) mass is 260 g/mol. The molecule has 0 saturated heterocycles. The van der Waals surface area contributed by atoms with Crippen LogP contribution in [0, 0.1) is 6.92 Å². The van der Waals surface area contributed by atoms with Gasteiger partial charge in [0.2, 0.25) is 0 Å². The Bertz CT molecular complexity index is 783. The summed E-state index contributed by atoms with van der Waals surface area (Å²) in [7, 11) is 0. The fourth-order valence-electron chi connectivity index (χ4n) is 2.04. The first-order valence-corrected chi connectivity index (χ1v) is 6.60. The lowest BCUT2D eigenvalue weighted by molar-refractivity contribution is 0.341. The summed E-state index contributed by atoms with van der Waals surface area (Å²) < 4.78 is 12.9. The van der Waals surface area contributed by atoms with E-state index < -0.39 is 0 Å². The van der Waals surface area contributed by atoms with E-state index in [-0.39, 0.29) is 5.63 Å². The van der Waals surface area contributed by atoms with Crippen LogP contribution in [0.3, 0.4) is 0 Å². The zero-order valence-electron chi connectivity index (χ0n) is 10.1. The Morgan fingerprint density at radius 3 is 2.94 bits per heavy atom. The van der Waals surface area contributed by atoms with Crippen molar-refractivity contribution in [2.45, 2.75) is 13.8 Å². The molecule has 3 nitrogen and oxygen atoms in total. The number of aryl methyl sites for hydroxylation is 1. The van der Waals surface area contributed by atoms with Crippen molar-refractivity contribution in [3.05, 3.63) is 40.2 Å². The molecule has 3 rings (SSSR count). The Morgan fingerprint density at radius 2 is 2.17 bits per heavy atom. The zero-order valence-corrected chi connectivity index (χ0v) is 11.0. The van der Waals surface area contributed by atoms with E-state index >= 15 is 0 Å². The molecule has 0 fully saturated rings. The van der Waals surface area contributed by atoms with Crippen molar-refractivity contribution in [1.29, 1.82) is 0 Å². The predicted molar refractivity (Wildman–Crippen MR) is 73.8 cm³/mol. The van der Waals surface area contributed by atoms with Crippen LogP contribution < -0.4 is 10.4 Å². The lowest BCUT2D eigenvalue weighted by Gasteiger charge is -2.01. The minimum absolute atomic E-state index is 0.298. The van der Waals surface area contributed by atoms with Gasteiger partial charge in [0.1, 0.15) is 5.75 Å². The summed E-state index contributed by atoms with van der Waals surface area (Å²) in [6, 6.07) is 7.37. The highest BCUT2D eigenvalue weighted by Gasteiger charge is 2.11. The molecule has 0 radical (unpaired) electrons. The molecule has 2 aromatic heterocycles. The summed E-state index contributed by atoms with van der Waals surface area (Å²) in [5.41, 5.74) is 1.34. The summed E-state index contributed by atoms with van der Waals surface area (Å²) in [6.07, 6.45) is 0. The largest absolute Gasteiger partial charge is 0.494 e. The maximum absolute atomic E-state index is 11.4. The van der Waals surface area contributed by atoms with E-state index in [1.54, 1.807) is 11.3 Å². The average molecular weight is 260 g/mol. The lowest BCUT2D eigenvalue weighted by atomic mass is 10.2. The third-order valence-corrected chi connectivity index (χ3v) is 4.09. The van der Waals surface area contributed by atoms with Gasteiger partial charge in [-0.25, -0.2) is 4.79 Å². The zero-order chi connectivity index (χ0) is 12.7. The van der Waals surface area contributed by atoms with Crippen LogP contribution in [0.4, 0.5) is 0 Å². The molecule has 0 unspecified atom stereocenters. The molecule has 0 atom stereocenters. The Balaban J connectivity index is 2.36. The molecule has 0 saturated carbocycles. The number of hydrogen-bond acceptors (Lipinski definition) is 4. The lowest BCUT2D eigenvalue weighted by Crippen LogP contribution is -1.95. The van der Waals surface area contributed by atoms with E-state index in [9.17, 15) is 4.79 Å². The number of ether oxygens (including phenoxy) is 1. The van der Waals surface area contributed by atoms with E-state index in [2.05, 4.69) is 0 Å². The topological polar surface area (TPSA) is 39.4 Å². The van der Waals surface area contributed by atoms with Crippen molar-refractivity contribution in [1.82, 2.24) is 0 Å². The fourth-order valence-corrected chi connectivity index (χ4v) is 3.17. The van der Waals surface area contributed by atoms with Gasteiger partial charge in [-0.15, -0.1) is 11.3 Å². The van der Waals surface area contributed by atoms with Crippen LogP contribution in [-0.4, -0.2) is 6.61 Å². The van der Waals surface area contributed by atoms with Gasteiger partial charge in [-0.2, -0.15) is 0 Å². The van der Waals surface area contributed by atoms with Crippen molar-refractivity contribution in [3.8, 4) is 5.75 Å². The third-order valence-electron chi connectivity index (χ3n) is 2.82. The predicted octanol–water partition coefficient (Wildman–Crippen LogP) is 3.71.